The summed E-state index contributed by atoms with van der Waals surface area (Å²) in [6, 6.07) is 5.86. The van der Waals surface area contributed by atoms with E-state index in [4.69, 9.17) is 16.3 Å². The van der Waals surface area contributed by atoms with Crippen LogP contribution in [0.2, 0.25) is 5.02 Å². The van der Waals surface area contributed by atoms with Crippen LogP contribution in [0.4, 0.5) is 5.13 Å². The Balaban J connectivity index is 1.86. The lowest BCUT2D eigenvalue weighted by molar-refractivity contribution is -0.115. The molecule has 0 aliphatic rings. The predicted molar refractivity (Wildman–Crippen MR) is 94.5 cm³/mol. The van der Waals surface area contributed by atoms with E-state index >= 15 is 0 Å². The van der Waals surface area contributed by atoms with Gasteiger partial charge in [-0.2, -0.15) is 0 Å². The molecule has 1 aromatic heterocycles. The maximum Gasteiger partial charge on any atom is 0.240 e. The fourth-order valence-electron chi connectivity index (χ4n) is 2.03. The number of carbonyl (C=O) groups excluding carboxylic acids is 1. The van der Waals surface area contributed by atoms with Gasteiger partial charge in [0.2, 0.25) is 5.91 Å². The number of nitrogens with zero attached hydrogens (tertiary/aromatic N) is 1. The van der Waals surface area contributed by atoms with Gasteiger partial charge in [0.05, 0.1) is 13.2 Å². The molecule has 0 saturated heterocycles. The molecule has 0 saturated carbocycles. The molecular formula is C16H20ClN3O2S. The van der Waals surface area contributed by atoms with Crippen molar-refractivity contribution >= 4 is 34.0 Å². The van der Waals surface area contributed by atoms with Crippen LogP contribution in [0, 0.1) is 6.92 Å². The van der Waals surface area contributed by atoms with Crippen molar-refractivity contribution in [3.63, 3.8) is 0 Å². The van der Waals surface area contributed by atoms with E-state index in [0.717, 1.165) is 21.9 Å². The third-order valence-electron chi connectivity index (χ3n) is 3.24. The Kier molecular flexibility index (Phi) is 6.98. The fourth-order valence-corrected chi connectivity index (χ4v) is 3.11. The summed E-state index contributed by atoms with van der Waals surface area (Å²) in [5.41, 5.74) is 2.36. The smallest absolute Gasteiger partial charge is 0.240 e. The van der Waals surface area contributed by atoms with E-state index < -0.39 is 0 Å². The lowest BCUT2D eigenvalue weighted by atomic mass is 10.1. The average Bonchev–Trinajstić information content (AvgIpc) is 2.94. The van der Waals surface area contributed by atoms with Crippen molar-refractivity contribution in [1.29, 1.82) is 0 Å². The third kappa shape index (κ3) is 5.91. The Morgan fingerprint density at radius 1 is 1.43 bits per heavy atom. The zero-order valence-corrected chi connectivity index (χ0v) is 14.8. The minimum absolute atomic E-state index is 0.107. The molecule has 0 bridgehead atoms. The zero-order valence-electron chi connectivity index (χ0n) is 13.2. The van der Waals surface area contributed by atoms with Crippen molar-refractivity contribution in [1.82, 2.24) is 10.3 Å². The number of anilines is 1. The molecule has 2 rings (SSSR count). The number of amides is 1. The number of aryl methyl sites for hydroxylation is 1. The van der Waals surface area contributed by atoms with E-state index in [1.807, 2.05) is 25.1 Å². The van der Waals surface area contributed by atoms with Crippen LogP contribution in [0.25, 0.3) is 0 Å². The summed E-state index contributed by atoms with van der Waals surface area (Å²) >= 11 is 7.46. The lowest BCUT2D eigenvalue weighted by Gasteiger charge is -2.04. The minimum atomic E-state index is -0.107. The van der Waals surface area contributed by atoms with Gasteiger partial charge in [-0.1, -0.05) is 17.7 Å². The molecule has 2 aromatic rings. The summed E-state index contributed by atoms with van der Waals surface area (Å²) in [5, 5.41) is 7.14. The highest BCUT2D eigenvalue weighted by molar-refractivity contribution is 7.15. The molecule has 0 aliphatic carbocycles. The fraction of sp³-hybridized carbons (Fsp3) is 0.375. The molecule has 1 heterocycles. The third-order valence-corrected chi connectivity index (χ3v) is 4.39. The number of hydrogen-bond donors (Lipinski definition) is 2. The van der Waals surface area contributed by atoms with E-state index in [1.165, 1.54) is 16.9 Å². The Morgan fingerprint density at radius 2 is 2.26 bits per heavy atom. The van der Waals surface area contributed by atoms with Gasteiger partial charge in [-0.15, -0.1) is 11.3 Å². The maximum atomic E-state index is 11.8. The summed E-state index contributed by atoms with van der Waals surface area (Å²) in [6.45, 7) is 3.50. The number of nitrogens with one attached hydrogen (secondary N) is 2. The highest BCUT2D eigenvalue weighted by atomic mass is 35.5. The molecular weight excluding hydrogens is 334 g/mol. The Labute approximate surface area is 145 Å². The minimum Gasteiger partial charge on any atom is -0.383 e. The lowest BCUT2D eigenvalue weighted by Crippen LogP contribution is -2.30. The number of halogens is 1. The van der Waals surface area contributed by atoms with Crippen molar-refractivity contribution in [2.45, 2.75) is 13.3 Å². The molecule has 2 N–H and O–H groups in total. The van der Waals surface area contributed by atoms with E-state index in [1.54, 1.807) is 13.3 Å². The van der Waals surface area contributed by atoms with Crippen LogP contribution in [0.5, 0.6) is 0 Å². The van der Waals surface area contributed by atoms with Gasteiger partial charge in [0.25, 0.3) is 0 Å². The average molecular weight is 354 g/mol. The largest absolute Gasteiger partial charge is 0.383 e. The number of rotatable bonds is 8. The first kappa shape index (κ1) is 17.9. The Morgan fingerprint density at radius 3 is 3.00 bits per heavy atom. The summed E-state index contributed by atoms with van der Waals surface area (Å²) in [4.78, 5) is 17.1. The molecule has 0 aliphatic heterocycles. The van der Waals surface area contributed by atoms with Crippen LogP contribution in [0.3, 0.4) is 0 Å². The van der Waals surface area contributed by atoms with Gasteiger partial charge >= 0.3 is 0 Å². The van der Waals surface area contributed by atoms with E-state index in [0.29, 0.717) is 18.3 Å². The second kappa shape index (κ2) is 8.98. The van der Waals surface area contributed by atoms with Gasteiger partial charge in [-0.3, -0.25) is 4.79 Å². The summed E-state index contributed by atoms with van der Waals surface area (Å²) in [7, 11) is 1.63. The van der Waals surface area contributed by atoms with Crippen molar-refractivity contribution in [3.05, 3.63) is 45.4 Å². The molecule has 1 amide bonds. The second-order valence-corrected chi connectivity index (χ2v) is 6.65. The van der Waals surface area contributed by atoms with Crippen molar-refractivity contribution in [2.24, 2.45) is 0 Å². The van der Waals surface area contributed by atoms with Gasteiger partial charge in [0.15, 0.2) is 5.13 Å². The number of ether oxygens (including phenoxy) is 1. The number of benzene rings is 1. The monoisotopic (exact) mass is 353 g/mol. The van der Waals surface area contributed by atoms with Gasteiger partial charge in [0.1, 0.15) is 0 Å². The summed E-state index contributed by atoms with van der Waals surface area (Å²) in [5.74, 6) is -0.107. The topological polar surface area (TPSA) is 63.2 Å². The molecule has 124 valence electrons. The zero-order chi connectivity index (χ0) is 16.7. The van der Waals surface area contributed by atoms with Crippen LogP contribution in [0.15, 0.2) is 24.4 Å². The van der Waals surface area contributed by atoms with Crippen LogP contribution < -0.4 is 10.6 Å². The van der Waals surface area contributed by atoms with Gasteiger partial charge in [-0.05, 0) is 30.2 Å². The number of methoxy groups -OCH3 is 1. The van der Waals surface area contributed by atoms with E-state index in [2.05, 4.69) is 15.6 Å². The Bertz CT molecular complexity index is 661. The highest BCUT2D eigenvalue weighted by Gasteiger charge is 2.08. The molecule has 7 heteroatoms. The summed E-state index contributed by atoms with van der Waals surface area (Å²) < 4.78 is 4.91. The standard InChI is InChI=1S/C16H20ClN3O2S/c1-11-7-13(17)4-3-12(11)8-14-9-19-16(23-14)20-15(21)10-18-5-6-22-2/h3-4,7,9,18H,5-6,8,10H2,1-2H3,(H,19,20,21). The SMILES string of the molecule is COCCNCC(=O)Nc1ncc(Cc2ccc(Cl)cc2C)s1. The van der Waals surface area contributed by atoms with Crippen LogP contribution in [-0.4, -0.2) is 37.7 Å². The first-order valence-corrected chi connectivity index (χ1v) is 8.47. The molecule has 0 fully saturated rings. The second-order valence-electron chi connectivity index (χ2n) is 5.10. The van der Waals surface area contributed by atoms with E-state index in [9.17, 15) is 4.79 Å². The Hall–Kier alpha value is -1.47. The molecule has 0 atom stereocenters. The predicted octanol–water partition coefficient (Wildman–Crippen LogP) is 2.87. The number of carbonyl (C=O) groups is 1. The number of aromatic nitrogens is 1. The highest BCUT2D eigenvalue weighted by Crippen LogP contribution is 2.23. The van der Waals surface area contributed by atoms with Gasteiger partial charge < -0.3 is 15.4 Å². The van der Waals surface area contributed by atoms with Crippen LogP contribution >= 0.6 is 22.9 Å². The summed E-state index contributed by atoms with van der Waals surface area (Å²) in [6.07, 6.45) is 2.58. The van der Waals surface area contributed by atoms with Crippen LogP contribution in [0.1, 0.15) is 16.0 Å². The van der Waals surface area contributed by atoms with Gasteiger partial charge in [0, 0.05) is 36.2 Å². The van der Waals surface area contributed by atoms with Crippen molar-refractivity contribution < 1.29 is 9.53 Å². The quantitative estimate of drug-likeness (QED) is 0.716. The molecule has 0 unspecified atom stereocenters. The number of thiazole rings is 1. The first-order chi connectivity index (χ1) is 11.1. The van der Waals surface area contributed by atoms with Crippen molar-refractivity contribution in [3.8, 4) is 0 Å². The molecule has 5 nitrogen and oxygen atoms in total. The molecule has 0 radical (unpaired) electrons. The number of hydrogen-bond acceptors (Lipinski definition) is 5. The molecule has 0 spiro atoms. The van der Waals surface area contributed by atoms with Gasteiger partial charge in [-0.25, -0.2) is 4.98 Å². The van der Waals surface area contributed by atoms with Crippen LogP contribution in [-0.2, 0) is 16.0 Å². The first-order valence-electron chi connectivity index (χ1n) is 7.27. The van der Waals surface area contributed by atoms with Crippen molar-refractivity contribution in [2.75, 3.05) is 32.1 Å². The normalized spacial score (nSPS) is 10.7. The van der Waals surface area contributed by atoms with E-state index in [-0.39, 0.29) is 12.5 Å². The molecule has 23 heavy (non-hydrogen) atoms. The molecule has 1 aromatic carbocycles. The maximum absolute atomic E-state index is 11.8.